The van der Waals surface area contributed by atoms with Gasteiger partial charge in [-0.05, 0) is 0 Å². The van der Waals surface area contributed by atoms with E-state index in [1.54, 1.807) is 0 Å². The fourth-order valence-electron chi connectivity index (χ4n) is 0.405. The first-order valence-corrected chi connectivity index (χ1v) is 2.73. The van der Waals surface area contributed by atoms with Crippen molar-refractivity contribution in [3.8, 4) is 0 Å². The van der Waals surface area contributed by atoms with Crippen molar-refractivity contribution in [1.82, 2.24) is 0 Å². The molecule has 3 N–H and O–H groups in total. The zero-order chi connectivity index (χ0) is 7.98. The second-order valence-corrected chi connectivity index (χ2v) is 1.70. The molecule has 0 aromatic heterocycles. The molecule has 0 heterocycles. The number of ether oxygens (including phenoxy) is 1. The van der Waals surface area contributed by atoms with E-state index in [4.69, 9.17) is 10.8 Å². The molecular formula is C5H9NO4. The predicted octanol–water partition coefficient (Wildman–Crippen LogP) is -0.691. The number of carboxylic acids is 1. The van der Waals surface area contributed by atoms with E-state index in [-0.39, 0.29) is 19.3 Å². The van der Waals surface area contributed by atoms with Crippen molar-refractivity contribution < 1.29 is 19.4 Å². The third-order valence-electron chi connectivity index (χ3n) is 0.873. The van der Waals surface area contributed by atoms with Crippen LogP contribution in [0.25, 0.3) is 0 Å². The molecule has 0 bridgehead atoms. The van der Waals surface area contributed by atoms with Crippen molar-refractivity contribution >= 4 is 12.4 Å². The minimum atomic E-state index is -0.954. The lowest BCUT2D eigenvalue weighted by Crippen LogP contribution is -2.23. The summed E-state index contributed by atoms with van der Waals surface area (Å²) in [5, 5.41) is 8.13. The zero-order valence-electron chi connectivity index (χ0n) is 5.32. The lowest BCUT2D eigenvalue weighted by atomic mass is 10.3. The van der Waals surface area contributed by atoms with Crippen LogP contribution in [0.1, 0.15) is 12.8 Å². The van der Waals surface area contributed by atoms with Crippen LogP contribution < -0.4 is 5.73 Å². The highest BCUT2D eigenvalue weighted by Crippen LogP contribution is 1.93. The van der Waals surface area contributed by atoms with E-state index in [0.717, 1.165) is 0 Å². The largest absolute Gasteiger partial charge is 0.481 e. The van der Waals surface area contributed by atoms with Gasteiger partial charge in [0.1, 0.15) is 0 Å². The van der Waals surface area contributed by atoms with E-state index >= 15 is 0 Å². The Balaban J connectivity index is 3.29. The van der Waals surface area contributed by atoms with Gasteiger partial charge in [-0.1, -0.05) is 0 Å². The van der Waals surface area contributed by atoms with E-state index < -0.39 is 12.2 Å². The van der Waals surface area contributed by atoms with Gasteiger partial charge in [-0.3, -0.25) is 15.3 Å². The summed E-state index contributed by atoms with van der Waals surface area (Å²) in [5.41, 5.74) is 5.12. The molecule has 0 aliphatic rings. The highest BCUT2D eigenvalue weighted by molar-refractivity contribution is 5.66. The van der Waals surface area contributed by atoms with Crippen molar-refractivity contribution in [3.63, 3.8) is 0 Å². The first-order chi connectivity index (χ1) is 4.66. The smallest absolute Gasteiger partial charge is 0.303 e. The van der Waals surface area contributed by atoms with E-state index in [1.165, 1.54) is 0 Å². The quantitative estimate of drug-likeness (QED) is 0.396. The summed E-state index contributed by atoms with van der Waals surface area (Å²) < 4.78 is 4.23. The van der Waals surface area contributed by atoms with E-state index in [9.17, 15) is 9.59 Å². The van der Waals surface area contributed by atoms with Crippen LogP contribution in [0.5, 0.6) is 0 Å². The third-order valence-corrected chi connectivity index (χ3v) is 0.873. The van der Waals surface area contributed by atoms with E-state index in [0.29, 0.717) is 0 Å². The molecule has 0 aromatic rings. The molecule has 0 aromatic carbocycles. The molecule has 5 nitrogen and oxygen atoms in total. The second kappa shape index (κ2) is 4.75. The Morgan fingerprint density at radius 3 is 2.80 bits per heavy atom. The van der Waals surface area contributed by atoms with Gasteiger partial charge in [0.15, 0.2) is 6.23 Å². The Morgan fingerprint density at radius 1 is 1.80 bits per heavy atom. The fourth-order valence-corrected chi connectivity index (χ4v) is 0.405. The molecule has 0 fully saturated rings. The maximum absolute atomic E-state index is 9.91. The topological polar surface area (TPSA) is 89.6 Å². The zero-order valence-corrected chi connectivity index (χ0v) is 5.32. The Morgan fingerprint density at radius 2 is 2.40 bits per heavy atom. The summed E-state index contributed by atoms with van der Waals surface area (Å²) in [6.45, 7) is 0.201. The average Bonchev–Trinajstić information content (AvgIpc) is 1.85. The Labute approximate surface area is 57.8 Å². The number of carboxylic acid groups (broad SMARTS) is 1. The van der Waals surface area contributed by atoms with E-state index in [1.807, 2.05) is 0 Å². The van der Waals surface area contributed by atoms with Crippen molar-refractivity contribution in [1.29, 1.82) is 0 Å². The minimum Gasteiger partial charge on any atom is -0.481 e. The van der Waals surface area contributed by atoms with Gasteiger partial charge in [0.2, 0.25) is 0 Å². The number of rotatable bonds is 5. The molecule has 0 aliphatic heterocycles. The normalized spacial score (nSPS) is 12.1. The van der Waals surface area contributed by atoms with Gasteiger partial charge < -0.3 is 9.84 Å². The summed E-state index contributed by atoms with van der Waals surface area (Å²) >= 11 is 0. The molecular weight excluding hydrogens is 138 g/mol. The number of carbonyl (C=O) groups excluding carboxylic acids is 1. The summed E-state index contributed by atoms with van der Waals surface area (Å²) in [6.07, 6.45) is -0.739. The Hall–Kier alpha value is -1.10. The van der Waals surface area contributed by atoms with Gasteiger partial charge in [0.25, 0.3) is 6.47 Å². The molecule has 10 heavy (non-hydrogen) atoms. The van der Waals surface area contributed by atoms with Crippen LogP contribution in [0.2, 0.25) is 0 Å². The van der Waals surface area contributed by atoms with Crippen molar-refractivity contribution in [3.05, 3.63) is 0 Å². The summed E-state index contributed by atoms with van der Waals surface area (Å²) in [5.74, 6) is -0.954. The molecule has 0 spiro atoms. The van der Waals surface area contributed by atoms with Crippen LogP contribution in [0, 0.1) is 0 Å². The number of nitrogens with two attached hydrogens (primary N) is 1. The number of hydrogen-bond acceptors (Lipinski definition) is 4. The van der Waals surface area contributed by atoms with Crippen LogP contribution in [0.3, 0.4) is 0 Å². The van der Waals surface area contributed by atoms with Gasteiger partial charge in [-0.2, -0.15) is 0 Å². The molecule has 0 saturated heterocycles. The third kappa shape index (κ3) is 5.04. The van der Waals surface area contributed by atoms with Crippen LogP contribution in [-0.2, 0) is 14.3 Å². The molecule has 0 aliphatic carbocycles. The van der Waals surface area contributed by atoms with Crippen molar-refractivity contribution in [2.75, 3.05) is 0 Å². The monoisotopic (exact) mass is 147 g/mol. The number of carbonyl (C=O) groups is 2. The fraction of sp³-hybridized carbons (Fsp3) is 0.600. The van der Waals surface area contributed by atoms with Gasteiger partial charge in [0, 0.05) is 6.42 Å². The van der Waals surface area contributed by atoms with Crippen LogP contribution in [0.4, 0.5) is 0 Å². The lowest BCUT2D eigenvalue weighted by molar-refractivity contribution is -0.140. The van der Waals surface area contributed by atoms with Crippen LogP contribution >= 0.6 is 0 Å². The van der Waals surface area contributed by atoms with E-state index in [2.05, 4.69) is 4.74 Å². The van der Waals surface area contributed by atoms with Gasteiger partial charge in [0.05, 0.1) is 6.42 Å². The summed E-state index contributed by atoms with van der Waals surface area (Å²) in [6, 6.07) is 0. The predicted molar refractivity (Wildman–Crippen MR) is 32.0 cm³/mol. The highest BCUT2D eigenvalue weighted by atomic mass is 16.5. The molecule has 0 amide bonds. The van der Waals surface area contributed by atoms with Gasteiger partial charge in [-0.15, -0.1) is 0 Å². The molecule has 1 atom stereocenters. The average molecular weight is 147 g/mol. The van der Waals surface area contributed by atoms with Crippen molar-refractivity contribution in [2.24, 2.45) is 5.73 Å². The summed E-state index contributed by atoms with van der Waals surface area (Å²) in [7, 11) is 0. The molecule has 0 radical (unpaired) electrons. The minimum absolute atomic E-state index is 0.0883. The first kappa shape index (κ1) is 8.90. The highest BCUT2D eigenvalue weighted by Gasteiger charge is 2.04. The maximum Gasteiger partial charge on any atom is 0.303 e. The Kier molecular flexibility index (Phi) is 4.23. The van der Waals surface area contributed by atoms with Gasteiger partial charge in [-0.25, -0.2) is 0 Å². The molecule has 58 valence electrons. The summed E-state index contributed by atoms with van der Waals surface area (Å²) in [4.78, 5) is 19.5. The number of hydrogen-bond donors (Lipinski definition) is 2. The second-order valence-electron chi connectivity index (χ2n) is 1.70. The van der Waals surface area contributed by atoms with Crippen LogP contribution in [-0.4, -0.2) is 23.8 Å². The van der Waals surface area contributed by atoms with Crippen molar-refractivity contribution in [2.45, 2.75) is 19.1 Å². The molecule has 0 saturated carbocycles. The van der Waals surface area contributed by atoms with Crippen LogP contribution in [0.15, 0.2) is 0 Å². The maximum atomic E-state index is 9.91. The standard InChI is InChI=1S/C5H9NO4/c6-4(10-3-7)1-2-5(8)9/h3-4H,1-2,6H2,(H,8,9)/t4-/m1/s1. The molecule has 0 unspecified atom stereocenters. The van der Waals surface area contributed by atoms with Gasteiger partial charge >= 0.3 is 5.97 Å². The number of aliphatic carboxylic acids is 1. The molecule has 0 rings (SSSR count). The first-order valence-electron chi connectivity index (χ1n) is 2.73. The lowest BCUT2D eigenvalue weighted by Gasteiger charge is -2.05. The molecule has 5 heteroatoms. The SMILES string of the molecule is N[C@@H](CCC(=O)O)OC=O. The Bertz CT molecular complexity index is 125.